The van der Waals surface area contributed by atoms with E-state index in [9.17, 15) is 0 Å². The molecule has 0 unspecified atom stereocenters. The van der Waals surface area contributed by atoms with E-state index < -0.39 is 0 Å². The first-order chi connectivity index (χ1) is 8.22. The SMILES string of the molecule is Cc1ccc2cc(-c3csc(Cl)n3)ccc2c1. The van der Waals surface area contributed by atoms with Gasteiger partial charge in [0, 0.05) is 10.9 Å². The molecule has 0 amide bonds. The number of hydrogen-bond acceptors (Lipinski definition) is 2. The lowest BCUT2D eigenvalue weighted by molar-refractivity contribution is 1.41. The number of hydrogen-bond donors (Lipinski definition) is 0. The first-order valence-corrected chi connectivity index (χ1v) is 6.60. The Hall–Kier alpha value is -1.38. The van der Waals surface area contributed by atoms with Gasteiger partial charge in [-0.25, -0.2) is 4.98 Å². The number of nitrogens with zero attached hydrogens (tertiary/aromatic N) is 1. The zero-order valence-electron chi connectivity index (χ0n) is 9.27. The molecule has 3 rings (SSSR count). The molecule has 0 aliphatic rings. The molecule has 0 aliphatic carbocycles. The molecule has 1 heterocycles. The third kappa shape index (κ3) is 2.06. The van der Waals surface area contributed by atoms with Gasteiger partial charge in [-0.05, 0) is 23.8 Å². The van der Waals surface area contributed by atoms with E-state index >= 15 is 0 Å². The molecular weight excluding hydrogens is 250 g/mol. The van der Waals surface area contributed by atoms with Crippen molar-refractivity contribution < 1.29 is 0 Å². The maximum Gasteiger partial charge on any atom is 0.184 e. The van der Waals surface area contributed by atoms with Crippen LogP contribution in [0.1, 0.15) is 5.56 Å². The van der Waals surface area contributed by atoms with Crippen molar-refractivity contribution in [3.8, 4) is 11.3 Å². The molecule has 0 fully saturated rings. The number of thiazole rings is 1. The molecule has 84 valence electrons. The second kappa shape index (κ2) is 4.13. The highest BCUT2D eigenvalue weighted by molar-refractivity contribution is 7.14. The zero-order valence-corrected chi connectivity index (χ0v) is 10.8. The predicted octanol–water partition coefficient (Wildman–Crippen LogP) is 4.93. The molecule has 0 saturated heterocycles. The molecule has 0 N–H and O–H groups in total. The molecule has 0 bridgehead atoms. The lowest BCUT2D eigenvalue weighted by Gasteiger charge is -2.02. The monoisotopic (exact) mass is 259 g/mol. The van der Waals surface area contributed by atoms with Gasteiger partial charge in [0.25, 0.3) is 0 Å². The van der Waals surface area contributed by atoms with Crippen LogP contribution >= 0.6 is 22.9 Å². The van der Waals surface area contributed by atoms with Crippen LogP contribution in [-0.4, -0.2) is 4.98 Å². The third-order valence-electron chi connectivity index (χ3n) is 2.77. The summed E-state index contributed by atoms with van der Waals surface area (Å²) < 4.78 is 0.587. The van der Waals surface area contributed by atoms with Crippen LogP contribution in [0.2, 0.25) is 4.47 Å². The minimum atomic E-state index is 0.587. The second-order valence-corrected chi connectivity index (χ2v) is 5.49. The highest BCUT2D eigenvalue weighted by Crippen LogP contribution is 2.27. The van der Waals surface area contributed by atoms with Crippen LogP contribution in [0.4, 0.5) is 0 Å². The number of fused-ring (bicyclic) bond motifs is 1. The molecule has 0 radical (unpaired) electrons. The standard InChI is InChI=1S/C14H10ClNS/c1-9-2-3-11-7-12(5-4-10(11)6-9)13-8-17-14(15)16-13/h2-8H,1H3. The van der Waals surface area contributed by atoms with Crippen molar-refractivity contribution in [2.45, 2.75) is 6.92 Å². The maximum atomic E-state index is 5.86. The van der Waals surface area contributed by atoms with E-state index in [4.69, 9.17) is 11.6 Å². The van der Waals surface area contributed by atoms with Gasteiger partial charge in [0.1, 0.15) is 0 Å². The first kappa shape index (κ1) is 10.8. The summed E-state index contributed by atoms with van der Waals surface area (Å²) in [4.78, 5) is 4.29. The Morgan fingerprint density at radius 1 is 1.06 bits per heavy atom. The lowest BCUT2D eigenvalue weighted by Crippen LogP contribution is -1.80. The Balaban J connectivity index is 2.16. The number of rotatable bonds is 1. The van der Waals surface area contributed by atoms with Gasteiger partial charge in [-0.15, -0.1) is 11.3 Å². The third-order valence-corrected chi connectivity index (χ3v) is 3.75. The van der Waals surface area contributed by atoms with Crippen LogP contribution in [0.25, 0.3) is 22.0 Å². The van der Waals surface area contributed by atoms with Gasteiger partial charge in [0.15, 0.2) is 4.47 Å². The molecule has 3 aromatic rings. The first-order valence-electron chi connectivity index (χ1n) is 5.34. The van der Waals surface area contributed by atoms with Gasteiger partial charge in [-0.1, -0.05) is 47.5 Å². The van der Waals surface area contributed by atoms with Crippen LogP contribution in [0.3, 0.4) is 0 Å². The Labute approximate surface area is 109 Å². The van der Waals surface area contributed by atoms with Gasteiger partial charge < -0.3 is 0 Å². The van der Waals surface area contributed by atoms with Crippen molar-refractivity contribution in [3.63, 3.8) is 0 Å². The highest BCUT2D eigenvalue weighted by Gasteiger charge is 2.04. The normalized spacial score (nSPS) is 10.9. The van der Waals surface area contributed by atoms with E-state index in [-0.39, 0.29) is 0 Å². The molecule has 1 nitrogen and oxygen atoms in total. The zero-order chi connectivity index (χ0) is 11.8. The number of benzene rings is 2. The van der Waals surface area contributed by atoms with Crippen LogP contribution in [-0.2, 0) is 0 Å². The van der Waals surface area contributed by atoms with Crippen molar-refractivity contribution in [1.29, 1.82) is 0 Å². The van der Waals surface area contributed by atoms with E-state index in [1.54, 1.807) is 0 Å². The summed E-state index contributed by atoms with van der Waals surface area (Å²) in [6.07, 6.45) is 0. The van der Waals surface area contributed by atoms with Crippen molar-refractivity contribution >= 4 is 33.7 Å². The molecular formula is C14H10ClNS. The van der Waals surface area contributed by atoms with Crippen molar-refractivity contribution in [2.75, 3.05) is 0 Å². The fourth-order valence-corrected chi connectivity index (χ4v) is 2.68. The summed E-state index contributed by atoms with van der Waals surface area (Å²) in [7, 11) is 0. The average Bonchev–Trinajstić information content (AvgIpc) is 2.75. The number of aromatic nitrogens is 1. The largest absolute Gasteiger partial charge is 0.225 e. The molecule has 0 aliphatic heterocycles. The molecule has 0 atom stereocenters. The molecule has 17 heavy (non-hydrogen) atoms. The summed E-state index contributed by atoms with van der Waals surface area (Å²) in [6, 6.07) is 12.8. The fraction of sp³-hybridized carbons (Fsp3) is 0.0714. The van der Waals surface area contributed by atoms with Gasteiger partial charge in [0.2, 0.25) is 0 Å². The van der Waals surface area contributed by atoms with Crippen molar-refractivity contribution in [2.24, 2.45) is 0 Å². The summed E-state index contributed by atoms with van der Waals surface area (Å²) in [5, 5.41) is 4.48. The number of aryl methyl sites for hydroxylation is 1. The van der Waals surface area contributed by atoms with Crippen molar-refractivity contribution in [1.82, 2.24) is 4.98 Å². The predicted molar refractivity (Wildman–Crippen MR) is 74.8 cm³/mol. The summed E-state index contributed by atoms with van der Waals surface area (Å²) in [5.41, 5.74) is 3.34. The van der Waals surface area contributed by atoms with E-state index in [0.29, 0.717) is 4.47 Å². The molecule has 3 heteroatoms. The Bertz CT molecular complexity index is 688. The Kier molecular flexibility index (Phi) is 2.61. The van der Waals surface area contributed by atoms with Crippen LogP contribution < -0.4 is 0 Å². The van der Waals surface area contributed by atoms with Gasteiger partial charge in [-0.2, -0.15) is 0 Å². The fourth-order valence-electron chi connectivity index (χ4n) is 1.91. The van der Waals surface area contributed by atoms with Crippen LogP contribution in [0.5, 0.6) is 0 Å². The van der Waals surface area contributed by atoms with E-state index in [2.05, 4.69) is 48.3 Å². The molecule has 0 saturated carbocycles. The highest BCUT2D eigenvalue weighted by atomic mass is 35.5. The minimum absolute atomic E-state index is 0.587. The smallest absolute Gasteiger partial charge is 0.184 e. The van der Waals surface area contributed by atoms with E-state index in [0.717, 1.165) is 11.3 Å². The minimum Gasteiger partial charge on any atom is -0.225 e. The van der Waals surface area contributed by atoms with E-state index in [1.165, 1.54) is 27.7 Å². The second-order valence-electron chi connectivity index (χ2n) is 4.05. The van der Waals surface area contributed by atoms with Crippen LogP contribution in [0, 0.1) is 6.92 Å². The van der Waals surface area contributed by atoms with E-state index in [1.807, 2.05) is 5.38 Å². The summed E-state index contributed by atoms with van der Waals surface area (Å²) in [6.45, 7) is 2.10. The topological polar surface area (TPSA) is 12.9 Å². The quantitative estimate of drug-likeness (QED) is 0.604. The maximum absolute atomic E-state index is 5.86. The van der Waals surface area contributed by atoms with Gasteiger partial charge >= 0.3 is 0 Å². The average molecular weight is 260 g/mol. The Morgan fingerprint density at radius 3 is 2.59 bits per heavy atom. The Morgan fingerprint density at radius 2 is 1.82 bits per heavy atom. The van der Waals surface area contributed by atoms with Gasteiger partial charge in [-0.3, -0.25) is 0 Å². The van der Waals surface area contributed by atoms with Gasteiger partial charge in [0.05, 0.1) is 5.69 Å². The van der Waals surface area contributed by atoms with Crippen molar-refractivity contribution in [3.05, 3.63) is 51.8 Å². The molecule has 1 aromatic heterocycles. The van der Waals surface area contributed by atoms with Crippen LogP contribution in [0.15, 0.2) is 41.8 Å². The molecule has 2 aromatic carbocycles. The lowest BCUT2D eigenvalue weighted by atomic mass is 10.0. The summed E-state index contributed by atoms with van der Waals surface area (Å²) in [5.74, 6) is 0. The molecule has 0 spiro atoms. The number of halogens is 1. The summed E-state index contributed by atoms with van der Waals surface area (Å²) >= 11 is 7.32.